The first-order valence-electron chi connectivity index (χ1n) is 9.60. The standard InChI is InChI=1S/C23H25N3O4S/c1-16-9-14-21(30-2)20(15-16)25-23(27)22(17-7-5-4-6-8-17)24-18-10-12-19(13-11-18)26-31(3,28)29/h4-15,22,24,26H,1-3H3,(H,25,27). The van der Waals surface area contributed by atoms with Gasteiger partial charge in [-0.05, 0) is 54.4 Å². The quantitative estimate of drug-likeness (QED) is 0.490. The molecule has 1 unspecified atom stereocenters. The lowest BCUT2D eigenvalue weighted by atomic mass is 10.1. The largest absolute Gasteiger partial charge is 0.495 e. The van der Waals surface area contributed by atoms with Gasteiger partial charge in [0.05, 0.1) is 19.1 Å². The molecule has 0 heterocycles. The maximum Gasteiger partial charge on any atom is 0.251 e. The van der Waals surface area contributed by atoms with Crippen LogP contribution in [0.4, 0.5) is 17.1 Å². The lowest BCUT2D eigenvalue weighted by Gasteiger charge is -2.21. The monoisotopic (exact) mass is 439 g/mol. The minimum atomic E-state index is -3.36. The van der Waals surface area contributed by atoms with Crippen LogP contribution in [0.1, 0.15) is 17.2 Å². The summed E-state index contributed by atoms with van der Waals surface area (Å²) in [7, 11) is -1.81. The number of nitrogens with one attached hydrogen (secondary N) is 3. The fraction of sp³-hybridized carbons (Fsp3) is 0.174. The van der Waals surface area contributed by atoms with Crippen molar-refractivity contribution >= 4 is 33.0 Å². The Bertz CT molecular complexity index is 1150. The van der Waals surface area contributed by atoms with Crippen LogP contribution >= 0.6 is 0 Å². The zero-order chi connectivity index (χ0) is 22.4. The van der Waals surface area contributed by atoms with E-state index in [1.807, 2.05) is 55.5 Å². The Morgan fingerprint density at radius 2 is 1.58 bits per heavy atom. The van der Waals surface area contributed by atoms with Crippen molar-refractivity contribution in [3.05, 3.63) is 83.9 Å². The summed E-state index contributed by atoms with van der Waals surface area (Å²) in [5, 5.41) is 6.17. The van der Waals surface area contributed by atoms with Crippen LogP contribution in [0.5, 0.6) is 5.75 Å². The third kappa shape index (κ3) is 6.23. The van der Waals surface area contributed by atoms with E-state index < -0.39 is 16.1 Å². The van der Waals surface area contributed by atoms with Crippen LogP contribution < -0.4 is 20.1 Å². The SMILES string of the molecule is COc1ccc(C)cc1NC(=O)C(Nc1ccc(NS(C)(=O)=O)cc1)c1ccccc1. The average Bonchev–Trinajstić information content (AvgIpc) is 2.73. The highest BCUT2D eigenvalue weighted by Crippen LogP contribution is 2.28. The van der Waals surface area contributed by atoms with E-state index in [4.69, 9.17) is 4.74 Å². The van der Waals surface area contributed by atoms with Crippen molar-refractivity contribution in [2.45, 2.75) is 13.0 Å². The Morgan fingerprint density at radius 1 is 0.935 bits per heavy atom. The van der Waals surface area contributed by atoms with Gasteiger partial charge in [0.1, 0.15) is 11.8 Å². The molecule has 3 aromatic carbocycles. The van der Waals surface area contributed by atoms with E-state index in [0.717, 1.165) is 17.4 Å². The van der Waals surface area contributed by atoms with E-state index in [2.05, 4.69) is 15.4 Å². The molecule has 1 amide bonds. The number of rotatable bonds is 8. The van der Waals surface area contributed by atoms with Gasteiger partial charge in [-0.2, -0.15) is 0 Å². The van der Waals surface area contributed by atoms with Gasteiger partial charge in [0.2, 0.25) is 10.0 Å². The topological polar surface area (TPSA) is 96.5 Å². The third-order valence-electron chi connectivity index (χ3n) is 4.51. The molecule has 0 saturated heterocycles. The van der Waals surface area contributed by atoms with Crippen LogP contribution in [0.15, 0.2) is 72.8 Å². The summed E-state index contributed by atoms with van der Waals surface area (Å²) in [6, 6.07) is 20.9. The molecule has 3 N–H and O–H groups in total. The molecule has 0 spiro atoms. The highest BCUT2D eigenvalue weighted by Gasteiger charge is 2.22. The predicted octanol–water partition coefficient (Wildman–Crippen LogP) is 4.17. The van der Waals surface area contributed by atoms with Crippen molar-refractivity contribution in [1.29, 1.82) is 0 Å². The molecule has 0 aliphatic rings. The number of amides is 1. The van der Waals surface area contributed by atoms with Gasteiger partial charge < -0.3 is 15.4 Å². The summed E-state index contributed by atoms with van der Waals surface area (Å²) in [5.74, 6) is 0.315. The fourth-order valence-electron chi connectivity index (χ4n) is 3.09. The normalized spacial score (nSPS) is 12.0. The van der Waals surface area contributed by atoms with E-state index in [1.54, 1.807) is 31.4 Å². The van der Waals surface area contributed by atoms with Crippen LogP contribution in [0.2, 0.25) is 0 Å². The Balaban J connectivity index is 1.86. The minimum absolute atomic E-state index is 0.256. The first-order valence-corrected chi connectivity index (χ1v) is 11.5. The van der Waals surface area contributed by atoms with Gasteiger partial charge in [-0.15, -0.1) is 0 Å². The molecule has 31 heavy (non-hydrogen) atoms. The van der Waals surface area contributed by atoms with Gasteiger partial charge >= 0.3 is 0 Å². The number of ether oxygens (including phenoxy) is 1. The number of aryl methyl sites for hydroxylation is 1. The van der Waals surface area contributed by atoms with Gasteiger partial charge in [-0.25, -0.2) is 8.42 Å². The number of carbonyl (C=O) groups excluding carboxylic acids is 1. The van der Waals surface area contributed by atoms with Crippen molar-refractivity contribution in [3.8, 4) is 5.75 Å². The summed E-state index contributed by atoms with van der Waals surface area (Å²) < 4.78 is 30.6. The molecule has 0 radical (unpaired) electrons. The number of methoxy groups -OCH3 is 1. The second-order valence-electron chi connectivity index (χ2n) is 7.13. The predicted molar refractivity (Wildman–Crippen MR) is 124 cm³/mol. The Kier molecular flexibility index (Phi) is 6.81. The number of carbonyl (C=O) groups is 1. The summed E-state index contributed by atoms with van der Waals surface area (Å²) in [6.07, 6.45) is 1.09. The molecule has 0 aliphatic carbocycles. The van der Waals surface area contributed by atoms with Crippen molar-refractivity contribution in [3.63, 3.8) is 0 Å². The summed E-state index contributed by atoms with van der Waals surface area (Å²) in [4.78, 5) is 13.2. The lowest BCUT2D eigenvalue weighted by Crippen LogP contribution is -2.27. The lowest BCUT2D eigenvalue weighted by molar-refractivity contribution is -0.117. The number of sulfonamides is 1. The van der Waals surface area contributed by atoms with E-state index >= 15 is 0 Å². The Hall–Kier alpha value is -3.52. The number of anilines is 3. The number of hydrogen-bond donors (Lipinski definition) is 3. The van der Waals surface area contributed by atoms with Crippen molar-refractivity contribution < 1.29 is 17.9 Å². The molecule has 3 rings (SSSR count). The molecule has 8 heteroatoms. The maximum atomic E-state index is 13.2. The van der Waals surface area contributed by atoms with Gasteiger partial charge in [-0.3, -0.25) is 9.52 Å². The molecular formula is C23H25N3O4S. The third-order valence-corrected chi connectivity index (χ3v) is 5.11. The summed E-state index contributed by atoms with van der Waals surface area (Å²) >= 11 is 0. The van der Waals surface area contributed by atoms with Crippen LogP contribution in [0.25, 0.3) is 0 Å². The first-order chi connectivity index (χ1) is 14.7. The van der Waals surface area contributed by atoms with E-state index in [-0.39, 0.29) is 5.91 Å². The second-order valence-corrected chi connectivity index (χ2v) is 8.88. The first kappa shape index (κ1) is 22.2. The zero-order valence-corrected chi connectivity index (χ0v) is 18.4. The molecule has 0 bridgehead atoms. The molecule has 0 aliphatic heterocycles. The van der Waals surface area contributed by atoms with E-state index in [9.17, 15) is 13.2 Å². The van der Waals surface area contributed by atoms with Crippen LogP contribution in [0.3, 0.4) is 0 Å². The number of benzene rings is 3. The maximum absolute atomic E-state index is 13.2. The number of hydrogen-bond acceptors (Lipinski definition) is 5. The molecule has 7 nitrogen and oxygen atoms in total. The molecule has 0 saturated carbocycles. The van der Waals surface area contributed by atoms with Crippen LogP contribution in [0, 0.1) is 6.92 Å². The van der Waals surface area contributed by atoms with Gasteiger partial charge in [0.15, 0.2) is 0 Å². The molecular weight excluding hydrogens is 414 g/mol. The zero-order valence-electron chi connectivity index (χ0n) is 17.5. The van der Waals surface area contributed by atoms with Crippen molar-refractivity contribution in [2.24, 2.45) is 0 Å². The van der Waals surface area contributed by atoms with Gasteiger partial charge in [0.25, 0.3) is 5.91 Å². The molecule has 162 valence electrons. The van der Waals surface area contributed by atoms with Gasteiger partial charge in [-0.1, -0.05) is 36.4 Å². The summed E-state index contributed by atoms with van der Waals surface area (Å²) in [6.45, 7) is 1.94. The second kappa shape index (κ2) is 9.53. The van der Waals surface area contributed by atoms with Crippen LogP contribution in [-0.4, -0.2) is 27.7 Å². The van der Waals surface area contributed by atoms with Crippen molar-refractivity contribution in [1.82, 2.24) is 0 Å². The van der Waals surface area contributed by atoms with Crippen molar-refractivity contribution in [2.75, 3.05) is 28.7 Å². The molecule has 3 aromatic rings. The Morgan fingerprint density at radius 3 is 2.19 bits per heavy atom. The van der Waals surface area contributed by atoms with Gasteiger partial charge in [0, 0.05) is 11.4 Å². The molecule has 0 fully saturated rings. The van der Waals surface area contributed by atoms with E-state index in [1.165, 1.54) is 0 Å². The average molecular weight is 440 g/mol. The molecule has 0 aromatic heterocycles. The van der Waals surface area contributed by atoms with Crippen LogP contribution in [-0.2, 0) is 14.8 Å². The van der Waals surface area contributed by atoms with E-state index in [0.29, 0.717) is 22.8 Å². The molecule has 1 atom stereocenters. The minimum Gasteiger partial charge on any atom is -0.495 e. The highest BCUT2D eigenvalue weighted by atomic mass is 32.2. The Labute approximate surface area is 182 Å². The summed E-state index contributed by atoms with van der Waals surface area (Å²) in [5.41, 5.74) is 3.47. The highest BCUT2D eigenvalue weighted by molar-refractivity contribution is 7.92. The smallest absolute Gasteiger partial charge is 0.251 e. The fourth-order valence-corrected chi connectivity index (χ4v) is 3.65.